The van der Waals surface area contributed by atoms with Gasteiger partial charge in [-0.1, -0.05) is 0 Å². The number of hydrogen-bond acceptors (Lipinski definition) is 2. The van der Waals surface area contributed by atoms with Crippen LogP contribution in [0.4, 0.5) is 4.39 Å². The van der Waals surface area contributed by atoms with Crippen LogP contribution in [0.5, 0.6) is 0 Å². The highest BCUT2D eigenvalue weighted by molar-refractivity contribution is 7.08. The first kappa shape index (κ1) is 9.16. The topological polar surface area (TPSA) is 12.0 Å². The Balaban J connectivity index is 2.19. The molecule has 0 spiro atoms. The first-order valence-corrected chi connectivity index (χ1v) is 5.58. The van der Waals surface area contributed by atoms with Crippen molar-refractivity contribution in [3.05, 3.63) is 22.4 Å². The van der Waals surface area contributed by atoms with E-state index in [9.17, 15) is 4.39 Å². The van der Waals surface area contributed by atoms with Crippen molar-refractivity contribution >= 4 is 11.3 Å². The Bertz CT molecular complexity index is 262. The number of nitrogens with one attached hydrogen (secondary N) is 1. The third kappa shape index (κ3) is 1.63. The van der Waals surface area contributed by atoms with Gasteiger partial charge in [0.25, 0.3) is 0 Å². The van der Waals surface area contributed by atoms with Crippen LogP contribution in [0.25, 0.3) is 0 Å². The number of halogens is 1. The lowest BCUT2D eigenvalue weighted by Gasteiger charge is -2.25. The van der Waals surface area contributed by atoms with Gasteiger partial charge in [-0.3, -0.25) is 0 Å². The highest BCUT2D eigenvalue weighted by Gasteiger charge is 2.37. The van der Waals surface area contributed by atoms with Crippen molar-refractivity contribution in [3.63, 3.8) is 0 Å². The first-order valence-electron chi connectivity index (χ1n) is 4.63. The highest BCUT2D eigenvalue weighted by Crippen LogP contribution is 2.37. The second-order valence-corrected chi connectivity index (χ2v) is 4.56. The second kappa shape index (κ2) is 3.39. The van der Waals surface area contributed by atoms with Gasteiger partial charge in [0.05, 0.1) is 0 Å². The van der Waals surface area contributed by atoms with Crippen LogP contribution < -0.4 is 5.32 Å². The van der Waals surface area contributed by atoms with Crippen molar-refractivity contribution in [1.29, 1.82) is 0 Å². The predicted octanol–water partition coefficient (Wildman–Crippen LogP) is 2.54. The van der Waals surface area contributed by atoms with Crippen LogP contribution in [-0.2, 0) is 5.67 Å². The molecule has 1 N–H and O–H groups in total. The maximum absolute atomic E-state index is 14.3. The van der Waals surface area contributed by atoms with Gasteiger partial charge in [0.1, 0.15) is 5.67 Å². The summed E-state index contributed by atoms with van der Waals surface area (Å²) in [5, 5.41) is 7.06. The van der Waals surface area contributed by atoms with Crippen LogP contribution in [0, 0.1) is 5.92 Å². The summed E-state index contributed by atoms with van der Waals surface area (Å²) in [4.78, 5) is 0. The minimum Gasteiger partial charge on any atom is -0.316 e. The van der Waals surface area contributed by atoms with Crippen molar-refractivity contribution in [2.45, 2.75) is 19.0 Å². The largest absolute Gasteiger partial charge is 0.316 e. The fourth-order valence-corrected chi connectivity index (χ4v) is 2.66. The van der Waals surface area contributed by atoms with E-state index in [-0.39, 0.29) is 5.92 Å². The molecule has 1 aliphatic heterocycles. The summed E-state index contributed by atoms with van der Waals surface area (Å²) in [5.74, 6) is 0.141. The molecule has 0 aliphatic carbocycles. The fourth-order valence-electron chi connectivity index (χ4n) is 1.90. The van der Waals surface area contributed by atoms with E-state index >= 15 is 0 Å². The van der Waals surface area contributed by atoms with Gasteiger partial charge < -0.3 is 5.32 Å². The van der Waals surface area contributed by atoms with E-state index in [2.05, 4.69) is 5.32 Å². The number of rotatable bonds is 2. The van der Waals surface area contributed by atoms with Crippen molar-refractivity contribution in [2.24, 2.45) is 5.92 Å². The van der Waals surface area contributed by atoms with E-state index in [0.29, 0.717) is 0 Å². The Kier molecular flexibility index (Phi) is 2.39. The molecule has 2 rings (SSSR count). The van der Waals surface area contributed by atoms with Crippen LogP contribution in [0.2, 0.25) is 0 Å². The number of alkyl halides is 1. The maximum atomic E-state index is 14.3. The van der Waals surface area contributed by atoms with Crippen molar-refractivity contribution < 1.29 is 4.39 Å². The second-order valence-electron chi connectivity index (χ2n) is 3.78. The lowest BCUT2D eigenvalue weighted by molar-refractivity contribution is 0.113. The molecule has 1 fully saturated rings. The average molecular weight is 199 g/mol. The molecular weight excluding hydrogens is 185 g/mol. The third-order valence-corrected chi connectivity index (χ3v) is 3.60. The molecular formula is C10H14FNS. The Morgan fingerprint density at radius 1 is 1.69 bits per heavy atom. The monoisotopic (exact) mass is 199 g/mol. The third-order valence-electron chi connectivity index (χ3n) is 2.91. The quantitative estimate of drug-likeness (QED) is 0.772. The summed E-state index contributed by atoms with van der Waals surface area (Å²) >= 11 is 1.56. The molecule has 2 heterocycles. The van der Waals surface area contributed by atoms with Gasteiger partial charge in [-0.05, 0) is 42.3 Å². The molecule has 1 nitrogen and oxygen atoms in total. The summed E-state index contributed by atoms with van der Waals surface area (Å²) in [6, 6.07) is 1.89. The molecule has 72 valence electrons. The molecule has 2 unspecified atom stereocenters. The average Bonchev–Trinajstić information content (AvgIpc) is 2.78. The summed E-state index contributed by atoms with van der Waals surface area (Å²) in [6.07, 6.45) is 0.947. The lowest BCUT2D eigenvalue weighted by atomic mass is 9.85. The van der Waals surface area contributed by atoms with Gasteiger partial charge in [0, 0.05) is 12.5 Å². The van der Waals surface area contributed by atoms with E-state index in [4.69, 9.17) is 0 Å². The number of thiophene rings is 1. The zero-order valence-corrected chi connectivity index (χ0v) is 8.53. The molecule has 0 amide bonds. The van der Waals surface area contributed by atoms with Gasteiger partial charge in [0.2, 0.25) is 0 Å². The molecule has 1 aromatic heterocycles. The van der Waals surface area contributed by atoms with Crippen molar-refractivity contribution in [2.75, 3.05) is 13.1 Å². The SMILES string of the molecule is CC(F)(c1ccsc1)C1CCNC1. The van der Waals surface area contributed by atoms with Crippen LogP contribution >= 0.6 is 11.3 Å². The van der Waals surface area contributed by atoms with E-state index in [1.165, 1.54) is 0 Å². The standard InChI is InChI=1S/C10H14FNS/c1-10(11,8-2-4-12-6-8)9-3-5-13-7-9/h3,5,7-8,12H,2,4,6H2,1H3. The molecule has 0 saturated carbocycles. The van der Waals surface area contributed by atoms with Crippen LogP contribution in [-0.4, -0.2) is 13.1 Å². The van der Waals surface area contributed by atoms with Gasteiger partial charge in [0.15, 0.2) is 0 Å². The summed E-state index contributed by atoms with van der Waals surface area (Å²) in [6.45, 7) is 3.46. The fraction of sp³-hybridized carbons (Fsp3) is 0.600. The van der Waals surface area contributed by atoms with E-state index in [1.807, 2.05) is 16.8 Å². The zero-order chi connectivity index (χ0) is 9.31. The van der Waals surface area contributed by atoms with Crippen LogP contribution in [0.3, 0.4) is 0 Å². The normalized spacial score (nSPS) is 27.4. The van der Waals surface area contributed by atoms with E-state index < -0.39 is 5.67 Å². The Labute approximate surface area is 82.0 Å². The van der Waals surface area contributed by atoms with Gasteiger partial charge in [-0.15, -0.1) is 0 Å². The molecule has 13 heavy (non-hydrogen) atoms. The van der Waals surface area contributed by atoms with Crippen molar-refractivity contribution in [3.8, 4) is 0 Å². The van der Waals surface area contributed by atoms with Gasteiger partial charge >= 0.3 is 0 Å². The van der Waals surface area contributed by atoms with E-state index in [0.717, 1.165) is 25.1 Å². The molecule has 3 heteroatoms. The minimum atomic E-state index is -1.15. The molecule has 2 atom stereocenters. The number of hydrogen-bond donors (Lipinski definition) is 1. The zero-order valence-electron chi connectivity index (χ0n) is 7.72. The molecule has 1 aliphatic rings. The smallest absolute Gasteiger partial charge is 0.138 e. The molecule has 0 aromatic carbocycles. The predicted molar refractivity (Wildman–Crippen MR) is 53.8 cm³/mol. The highest BCUT2D eigenvalue weighted by atomic mass is 32.1. The molecule has 0 bridgehead atoms. The van der Waals surface area contributed by atoms with Crippen LogP contribution in [0.15, 0.2) is 16.8 Å². The lowest BCUT2D eigenvalue weighted by Crippen LogP contribution is -2.28. The molecule has 1 aromatic rings. The Morgan fingerprint density at radius 2 is 2.54 bits per heavy atom. The summed E-state index contributed by atoms with van der Waals surface area (Å²) in [5.41, 5.74) is -0.310. The maximum Gasteiger partial charge on any atom is 0.138 e. The van der Waals surface area contributed by atoms with Crippen LogP contribution in [0.1, 0.15) is 18.9 Å². The first-order chi connectivity index (χ1) is 6.21. The minimum absolute atomic E-state index is 0.141. The summed E-state index contributed by atoms with van der Waals surface area (Å²) < 4.78 is 14.3. The van der Waals surface area contributed by atoms with Crippen molar-refractivity contribution in [1.82, 2.24) is 5.32 Å². The summed E-state index contributed by atoms with van der Waals surface area (Å²) in [7, 11) is 0. The molecule has 1 saturated heterocycles. The van der Waals surface area contributed by atoms with Gasteiger partial charge in [-0.25, -0.2) is 4.39 Å². The Hall–Kier alpha value is -0.410. The van der Waals surface area contributed by atoms with E-state index in [1.54, 1.807) is 18.3 Å². The Morgan fingerprint density at radius 3 is 3.08 bits per heavy atom. The molecule has 0 radical (unpaired) electrons. The van der Waals surface area contributed by atoms with Gasteiger partial charge in [-0.2, -0.15) is 11.3 Å².